The molecule has 18 heavy (non-hydrogen) atoms. The molecule has 2 atom stereocenters. The molecule has 5 heteroatoms. The summed E-state index contributed by atoms with van der Waals surface area (Å²) in [4.78, 5) is 0. The zero-order valence-corrected chi connectivity index (χ0v) is 10.8. The molecule has 98 valence electrons. The first-order valence-electron chi connectivity index (χ1n) is 6.21. The molecule has 0 radical (unpaired) electrons. The predicted octanol–water partition coefficient (Wildman–Crippen LogP) is 1.23. The van der Waals surface area contributed by atoms with E-state index in [9.17, 15) is 13.5 Å². The highest BCUT2D eigenvalue weighted by Gasteiger charge is 2.29. The Bertz CT molecular complexity index is 564. The van der Waals surface area contributed by atoms with Crippen molar-refractivity contribution in [3.63, 3.8) is 0 Å². The molecular weight excluding hydrogens is 252 g/mol. The highest BCUT2D eigenvalue weighted by atomic mass is 32.2. The molecule has 0 spiro atoms. The Morgan fingerprint density at radius 2 is 2.11 bits per heavy atom. The molecule has 0 amide bonds. The van der Waals surface area contributed by atoms with Crippen LogP contribution in [0.4, 0.5) is 0 Å². The molecule has 4 nitrogen and oxygen atoms in total. The van der Waals surface area contributed by atoms with E-state index in [-0.39, 0.29) is 23.7 Å². The predicted molar refractivity (Wildman–Crippen MR) is 67.4 cm³/mol. The Kier molecular flexibility index (Phi) is 2.83. The van der Waals surface area contributed by atoms with Crippen molar-refractivity contribution < 1.29 is 18.3 Å². The molecule has 0 saturated carbocycles. The lowest BCUT2D eigenvalue weighted by Gasteiger charge is -2.13. The van der Waals surface area contributed by atoms with Gasteiger partial charge < -0.3 is 9.84 Å². The van der Waals surface area contributed by atoms with Crippen LogP contribution in [0.1, 0.15) is 30.1 Å². The highest BCUT2D eigenvalue weighted by Crippen LogP contribution is 2.33. The number of rotatable bonds is 2. The average Bonchev–Trinajstić information content (AvgIpc) is 2.83. The van der Waals surface area contributed by atoms with Gasteiger partial charge in [0, 0.05) is 0 Å². The molecule has 2 aliphatic rings. The fourth-order valence-electron chi connectivity index (χ4n) is 2.69. The molecule has 1 N–H and O–H groups in total. The number of hydrogen-bond donors (Lipinski definition) is 1. The topological polar surface area (TPSA) is 63.6 Å². The SMILES string of the molecule is O=S1(=O)CCC(Oc2ccc3c(c2)CC[C@@H]3O)C1. The Hall–Kier alpha value is -1.07. The number of fused-ring (bicyclic) bond motifs is 1. The van der Waals surface area contributed by atoms with Crippen LogP contribution in [0.15, 0.2) is 18.2 Å². The van der Waals surface area contributed by atoms with Gasteiger partial charge in [-0.25, -0.2) is 8.42 Å². The van der Waals surface area contributed by atoms with Crippen LogP contribution >= 0.6 is 0 Å². The minimum atomic E-state index is -2.90. The summed E-state index contributed by atoms with van der Waals surface area (Å²) in [5.41, 5.74) is 2.09. The van der Waals surface area contributed by atoms with Crippen molar-refractivity contribution in [3.05, 3.63) is 29.3 Å². The maximum Gasteiger partial charge on any atom is 0.154 e. The van der Waals surface area contributed by atoms with Gasteiger partial charge in [-0.2, -0.15) is 0 Å². The van der Waals surface area contributed by atoms with Crippen LogP contribution in [0.3, 0.4) is 0 Å². The average molecular weight is 268 g/mol. The Morgan fingerprint density at radius 1 is 1.28 bits per heavy atom. The molecule has 3 rings (SSSR count). The van der Waals surface area contributed by atoms with E-state index < -0.39 is 9.84 Å². The maximum absolute atomic E-state index is 11.3. The van der Waals surface area contributed by atoms with Gasteiger partial charge in [0.05, 0.1) is 17.6 Å². The number of aliphatic hydroxyl groups is 1. The van der Waals surface area contributed by atoms with E-state index in [0.29, 0.717) is 12.2 Å². The molecule has 1 aliphatic heterocycles. The number of hydrogen-bond acceptors (Lipinski definition) is 4. The van der Waals surface area contributed by atoms with Crippen LogP contribution in [0.25, 0.3) is 0 Å². The van der Waals surface area contributed by atoms with Gasteiger partial charge in [0.25, 0.3) is 0 Å². The quantitative estimate of drug-likeness (QED) is 0.876. The zero-order chi connectivity index (χ0) is 12.8. The molecule has 0 aromatic heterocycles. The van der Waals surface area contributed by atoms with Crippen molar-refractivity contribution in [2.75, 3.05) is 11.5 Å². The number of aliphatic hydroxyl groups excluding tert-OH is 1. The summed E-state index contributed by atoms with van der Waals surface area (Å²) >= 11 is 0. The van der Waals surface area contributed by atoms with E-state index in [1.807, 2.05) is 18.2 Å². The van der Waals surface area contributed by atoms with Crippen molar-refractivity contribution >= 4 is 9.84 Å². The summed E-state index contributed by atoms with van der Waals surface area (Å²) < 4.78 is 28.4. The molecule has 1 unspecified atom stereocenters. The van der Waals surface area contributed by atoms with E-state index in [0.717, 1.165) is 24.0 Å². The molecule has 1 aromatic carbocycles. The number of ether oxygens (including phenoxy) is 1. The van der Waals surface area contributed by atoms with Crippen molar-refractivity contribution in [3.8, 4) is 5.75 Å². The second-order valence-corrected chi connectivity index (χ2v) is 7.29. The van der Waals surface area contributed by atoms with Gasteiger partial charge >= 0.3 is 0 Å². The van der Waals surface area contributed by atoms with Crippen LogP contribution in [-0.4, -0.2) is 31.1 Å². The van der Waals surface area contributed by atoms with Gasteiger partial charge in [-0.3, -0.25) is 0 Å². The maximum atomic E-state index is 11.3. The van der Waals surface area contributed by atoms with E-state index in [1.165, 1.54) is 0 Å². The standard InChI is InChI=1S/C13H16O4S/c14-13-4-1-9-7-10(2-3-12(9)13)17-11-5-6-18(15,16)8-11/h2-3,7,11,13-14H,1,4-6,8H2/t11?,13-/m0/s1. The molecular formula is C13H16O4S. The van der Waals surface area contributed by atoms with Crippen molar-refractivity contribution in [1.82, 2.24) is 0 Å². The smallest absolute Gasteiger partial charge is 0.154 e. The van der Waals surface area contributed by atoms with Crippen LogP contribution < -0.4 is 4.74 Å². The third kappa shape index (κ3) is 2.24. The molecule has 1 heterocycles. The van der Waals surface area contributed by atoms with Crippen molar-refractivity contribution in [1.29, 1.82) is 0 Å². The number of sulfone groups is 1. The third-order valence-electron chi connectivity index (χ3n) is 3.65. The largest absolute Gasteiger partial charge is 0.489 e. The van der Waals surface area contributed by atoms with Crippen molar-refractivity contribution in [2.45, 2.75) is 31.5 Å². The molecule has 1 saturated heterocycles. The fourth-order valence-corrected chi connectivity index (χ4v) is 4.28. The van der Waals surface area contributed by atoms with Gasteiger partial charge in [0.15, 0.2) is 9.84 Å². The summed E-state index contributed by atoms with van der Waals surface area (Å²) in [6.07, 6.45) is 1.61. The molecule has 1 aromatic rings. The van der Waals surface area contributed by atoms with Crippen LogP contribution in [0.2, 0.25) is 0 Å². The van der Waals surface area contributed by atoms with Crippen LogP contribution in [0.5, 0.6) is 5.75 Å². The Balaban J connectivity index is 1.75. The fraction of sp³-hybridized carbons (Fsp3) is 0.538. The Morgan fingerprint density at radius 3 is 2.83 bits per heavy atom. The highest BCUT2D eigenvalue weighted by molar-refractivity contribution is 7.91. The number of benzene rings is 1. The van der Waals surface area contributed by atoms with Gasteiger partial charge in [0.1, 0.15) is 11.9 Å². The second-order valence-electron chi connectivity index (χ2n) is 5.06. The number of aryl methyl sites for hydroxylation is 1. The van der Waals surface area contributed by atoms with Gasteiger partial charge in [0.2, 0.25) is 0 Å². The summed E-state index contributed by atoms with van der Waals surface area (Å²) in [7, 11) is -2.90. The summed E-state index contributed by atoms with van der Waals surface area (Å²) in [6.45, 7) is 0. The molecule has 1 aliphatic carbocycles. The van der Waals surface area contributed by atoms with Gasteiger partial charge in [-0.1, -0.05) is 6.07 Å². The lowest BCUT2D eigenvalue weighted by Crippen LogP contribution is -2.17. The van der Waals surface area contributed by atoms with Crippen LogP contribution in [-0.2, 0) is 16.3 Å². The van der Waals surface area contributed by atoms with Crippen LogP contribution in [0, 0.1) is 0 Å². The molecule has 1 fully saturated rings. The summed E-state index contributed by atoms with van der Waals surface area (Å²) in [6, 6.07) is 5.63. The first kappa shape index (κ1) is 12.0. The van der Waals surface area contributed by atoms with Gasteiger partial charge in [-0.05, 0) is 42.5 Å². The van der Waals surface area contributed by atoms with E-state index in [1.54, 1.807) is 0 Å². The zero-order valence-electron chi connectivity index (χ0n) is 10.0. The second kappa shape index (κ2) is 4.24. The first-order valence-corrected chi connectivity index (χ1v) is 8.04. The minimum absolute atomic E-state index is 0.118. The lowest BCUT2D eigenvalue weighted by molar-refractivity contribution is 0.180. The Labute approximate surface area is 107 Å². The van der Waals surface area contributed by atoms with E-state index in [4.69, 9.17) is 4.74 Å². The summed E-state index contributed by atoms with van der Waals surface area (Å²) in [5.74, 6) is 1.05. The van der Waals surface area contributed by atoms with Crippen molar-refractivity contribution in [2.24, 2.45) is 0 Å². The third-order valence-corrected chi connectivity index (χ3v) is 5.39. The van der Waals surface area contributed by atoms with E-state index >= 15 is 0 Å². The summed E-state index contributed by atoms with van der Waals surface area (Å²) in [5, 5.41) is 9.70. The monoisotopic (exact) mass is 268 g/mol. The lowest BCUT2D eigenvalue weighted by atomic mass is 10.1. The van der Waals surface area contributed by atoms with Gasteiger partial charge in [-0.15, -0.1) is 0 Å². The minimum Gasteiger partial charge on any atom is -0.489 e. The normalized spacial score (nSPS) is 29.2. The van der Waals surface area contributed by atoms with E-state index in [2.05, 4.69) is 0 Å². The molecule has 0 bridgehead atoms. The first-order chi connectivity index (χ1) is 8.53.